The average molecular weight is 255 g/mol. The normalized spacial score (nSPS) is 10.4. The minimum Gasteiger partial charge on any atom is -0.465 e. The number of esters is 1. The lowest BCUT2D eigenvalue weighted by Crippen LogP contribution is -2.03. The fraction of sp³-hybridized carbons (Fsp3) is 0.200. The summed E-state index contributed by atoms with van der Waals surface area (Å²) in [6, 6.07) is 5.76. The first kappa shape index (κ1) is 13.1. The molecule has 0 unspecified atom stereocenters. The summed E-state index contributed by atoms with van der Waals surface area (Å²) in [6.45, 7) is 0. The summed E-state index contributed by atoms with van der Waals surface area (Å²) in [5.74, 6) is -0.922. The van der Waals surface area contributed by atoms with Crippen molar-refractivity contribution < 1.29 is 22.7 Å². The molecule has 0 amide bonds. The summed E-state index contributed by atoms with van der Waals surface area (Å²) in [4.78, 5) is 21.0. The number of carbonyl (C=O) groups excluding carboxylic acids is 2. The van der Waals surface area contributed by atoms with Crippen LogP contribution in [-0.2, 0) is 25.3 Å². The maximum absolute atomic E-state index is 11.2. The molecule has 0 saturated carbocycles. The predicted octanol–water partition coefficient (Wildman–Crippen LogP) is 0.639. The monoisotopic (exact) mass is 255 g/mol. The first-order chi connectivity index (χ1) is 7.98. The molecule has 0 N–H and O–H groups in total. The molecule has 0 radical (unpaired) electrons. The number of hydrogen-bond donors (Lipinski definition) is 0. The molecule has 0 saturated heterocycles. The zero-order chi connectivity index (χ0) is 12.9. The number of benzene rings is 1. The van der Waals surface area contributed by atoms with E-state index in [2.05, 4.69) is 9.13 Å². The van der Waals surface area contributed by atoms with Gasteiger partial charge < -0.3 is 4.74 Å². The molecular weight excluding hydrogens is 246 g/mol. The Bertz CT molecular complexity index is 555. The van der Waals surface area contributed by atoms with Crippen LogP contribution in [0.4, 0.5) is 0 Å². The molecule has 6 nitrogen and oxygen atoms in total. The van der Waals surface area contributed by atoms with E-state index in [0.29, 0.717) is 11.1 Å². The van der Waals surface area contributed by atoms with E-state index >= 15 is 0 Å². The molecule has 0 fully saturated rings. The highest BCUT2D eigenvalue weighted by molar-refractivity contribution is 7.89. The Labute approximate surface area is 98.0 Å². The molecule has 0 aliphatic rings. The standard InChI is InChI=1S/C10H9NO5S/c1-16-10(13)9-4-2-8(3-5-9)6-17(14,15)11-7-12/h2-5H,6H2,1H3. The highest BCUT2D eigenvalue weighted by atomic mass is 32.2. The molecule has 0 bridgehead atoms. The van der Waals surface area contributed by atoms with Gasteiger partial charge in [0, 0.05) is 0 Å². The van der Waals surface area contributed by atoms with Crippen molar-refractivity contribution in [3.8, 4) is 0 Å². The van der Waals surface area contributed by atoms with Gasteiger partial charge in [-0.15, -0.1) is 0 Å². The second-order valence-corrected chi connectivity index (χ2v) is 4.73. The van der Waals surface area contributed by atoms with Gasteiger partial charge in [-0.1, -0.05) is 16.5 Å². The summed E-state index contributed by atoms with van der Waals surface area (Å²) in [5, 5.41) is 0. The lowest BCUT2D eigenvalue weighted by Gasteiger charge is -2.01. The number of hydrogen-bond acceptors (Lipinski definition) is 5. The summed E-state index contributed by atoms with van der Waals surface area (Å²) in [6.07, 6.45) is 0.980. The highest BCUT2D eigenvalue weighted by Gasteiger charge is 2.11. The second-order valence-electron chi connectivity index (χ2n) is 3.10. The Hall–Kier alpha value is -1.98. The van der Waals surface area contributed by atoms with Gasteiger partial charge in [0.2, 0.25) is 0 Å². The maximum atomic E-state index is 11.2. The SMILES string of the molecule is COC(=O)c1ccc(CS(=O)(=O)N=C=O)cc1. The lowest BCUT2D eigenvalue weighted by atomic mass is 10.1. The smallest absolute Gasteiger partial charge is 0.337 e. The Balaban J connectivity index is 2.89. The van der Waals surface area contributed by atoms with Crippen LogP contribution in [0.1, 0.15) is 15.9 Å². The van der Waals surface area contributed by atoms with Gasteiger partial charge in [-0.05, 0) is 17.7 Å². The Morgan fingerprint density at radius 1 is 1.35 bits per heavy atom. The topological polar surface area (TPSA) is 89.9 Å². The summed E-state index contributed by atoms with van der Waals surface area (Å²) in [5.41, 5.74) is 0.726. The molecule has 0 spiro atoms. The van der Waals surface area contributed by atoms with Crippen molar-refractivity contribution >= 4 is 22.1 Å². The van der Waals surface area contributed by atoms with E-state index in [0.717, 1.165) is 6.08 Å². The number of carbonyl (C=O) groups is 1. The van der Waals surface area contributed by atoms with Crippen molar-refractivity contribution in [2.75, 3.05) is 7.11 Å². The first-order valence-corrected chi connectivity index (χ1v) is 6.08. The van der Waals surface area contributed by atoms with Gasteiger partial charge in [0.25, 0.3) is 16.1 Å². The molecule has 0 aliphatic heterocycles. The van der Waals surface area contributed by atoms with E-state index in [1.807, 2.05) is 0 Å². The van der Waals surface area contributed by atoms with Crippen LogP contribution in [0.25, 0.3) is 0 Å². The fourth-order valence-electron chi connectivity index (χ4n) is 1.15. The quantitative estimate of drug-likeness (QED) is 0.447. The Kier molecular flexibility index (Phi) is 4.14. The number of rotatable bonds is 4. The third kappa shape index (κ3) is 3.82. The van der Waals surface area contributed by atoms with Crippen LogP contribution in [0, 0.1) is 0 Å². The first-order valence-electron chi connectivity index (χ1n) is 4.47. The molecule has 0 heterocycles. The van der Waals surface area contributed by atoms with Gasteiger partial charge in [-0.2, -0.15) is 0 Å². The number of ether oxygens (including phenoxy) is 1. The van der Waals surface area contributed by atoms with Crippen LogP contribution in [0.3, 0.4) is 0 Å². The van der Waals surface area contributed by atoms with Crippen molar-refractivity contribution in [3.63, 3.8) is 0 Å². The van der Waals surface area contributed by atoms with Crippen molar-refractivity contribution in [1.29, 1.82) is 0 Å². The van der Waals surface area contributed by atoms with E-state index in [1.165, 1.54) is 31.4 Å². The summed E-state index contributed by atoms with van der Waals surface area (Å²) >= 11 is 0. The van der Waals surface area contributed by atoms with E-state index in [-0.39, 0.29) is 0 Å². The third-order valence-electron chi connectivity index (χ3n) is 1.90. The summed E-state index contributed by atoms with van der Waals surface area (Å²) < 4.78 is 29.5. The molecule has 7 heteroatoms. The number of sulfonamides is 1. The molecule has 0 atom stereocenters. The number of nitrogens with zero attached hydrogens (tertiary/aromatic N) is 1. The minimum atomic E-state index is -3.84. The molecule has 1 aromatic rings. The third-order valence-corrected chi connectivity index (χ3v) is 2.95. The van der Waals surface area contributed by atoms with Crippen LogP contribution in [0.2, 0.25) is 0 Å². The largest absolute Gasteiger partial charge is 0.465 e. The van der Waals surface area contributed by atoms with Crippen LogP contribution < -0.4 is 0 Å². The molecule has 90 valence electrons. The van der Waals surface area contributed by atoms with E-state index in [4.69, 9.17) is 0 Å². The van der Waals surface area contributed by atoms with E-state index in [1.54, 1.807) is 0 Å². The van der Waals surface area contributed by atoms with Gasteiger partial charge >= 0.3 is 5.97 Å². The molecule has 0 aliphatic carbocycles. The molecular formula is C10H9NO5S. The van der Waals surface area contributed by atoms with Gasteiger partial charge in [0.1, 0.15) is 0 Å². The number of methoxy groups -OCH3 is 1. The minimum absolute atomic E-state index is 0.313. The van der Waals surface area contributed by atoms with Gasteiger partial charge in [-0.25, -0.2) is 18.0 Å². The summed E-state index contributed by atoms with van der Waals surface area (Å²) in [7, 11) is -2.59. The second kappa shape index (κ2) is 5.38. The molecule has 1 aromatic carbocycles. The molecule has 1 rings (SSSR count). The van der Waals surface area contributed by atoms with Gasteiger partial charge in [0.15, 0.2) is 0 Å². The van der Waals surface area contributed by atoms with Crippen LogP contribution in [0.15, 0.2) is 28.7 Å². The zero-order valence-electron chi connectivity index (χ0n) is 8.91. The highest BCUT2D eigenvalue weighted by Crippen LogP contribution is 2.10. The Morgan fingerprint density at radius 2 is 1.94 bits per heavy atom. The molecule has 0 aromatic heterocycles. The van der Waals surface area contributed by atoms with Gasteiger partial charge in [-0.3, -0.25) is 0 Å². The predicted molar refractivity (Wildman–Crippen MR) is 58.5 cm³/mol. The maximum Gasteiger partial charge on any atom is 0.337 e. The van der Waals surface area contributed by atoms with Crippen molar-refractivity contribution in [2.24, 2.45) is 4.40 Å². The van der Waals surface area contributed by atoms with Crippen molar-refractivity contribution in [3.05, 3.63) is 35.4 Å². The van der Waals surface area contributed by atoms with Gasteiger partial charge in [0.05, 0.1) is 18.4 Å². The number of isocyanates is 1. The van der Waals surface area contributed by atoms with Crippen LogP contribution >= 0.6 is 0 Å². The van der Waals surface area contributed by atoms with Crippen molar-refractivity contribution in [1.82, 2.24) is 0 Å². The zero-order valence-corrected chi connectivity index (χ0v) is 9.73. The van der Waals surface area contributed by atoms with E-state index < -0.39 is 21.7 Å². The Morgan fingerprint density at radius 3 is 2.41 bits per heavy atom. The van der Waals surface area contributed by atoms with Crippen LogP contribution in [-0.4, -0.2) is 27.6 Å². The van der Waals surface area contributed by atoms with Crippen LogP contribution in [0.5, 0.6) is 0 Å². The lowest BCUT2D eigenvalue weighted by molar-refractivity contribution is 0.0600. The average Bonchev–Trinajstić information content (AvgIpc) is 2.28. The van der Waals surface area contributed by atoms with Crippen molar-refractivity contribution in [2.45, 2.75) is 5.75 Å². The van der Waals surface area contributed by atoms with E-state index in [9.17, 15) is 18.0 Å². The molecule has 17 heavy (non-hydrogen) atoms. The fourth-order valence-corrected chi connectivity index (χ4v) is 1.95.